The van der Waals surface area contributed by atoms with E-state index in [1.54, 1.807) is 19.2 Å². The van der Waals surface area contributed by atoms with Crippen LogP contribution in [0.15, 0.2) is 33.5 Å². The minimum Gasteiger partial charge on any atom is -0.497 e. The number of methoxy groups -OCH3 is 1. The Morgan fingerprint density at radius 3 is 2.86 bits per heavy atom. The molecular weight excluding hydrogens is 278 g/mol. The second-order valence-corrected chi connectivity index (χ2v) is 6.32. The van der Waals surface area contributed by atoms with Gasteiger partial charge in [0.2, 0.25) is 0 Å². The highest BCUT2D eigenvalue weighted by Gasteiger charge is 2.24. The van der Waals surface area contributed by atoms with Crippen molar-refractivity contribution in [2.75, 3.05) is 7.11 Å². The first-order valence-electron chi connectivity index (χ1n) is 8.11. The lowest BCUT2D eigenvalue weighted by atomic mass is 9.86. The van der Waals surface area contributed by atoms with E-state index in [0.29, 0.717) is 17.4 Å². The molecule has 4 heteroatoms. The van der Waals surface area contributed by atoms with Crippen LogP contribution in [0, 0.1) is 5.92 Å². The highest BCUT2D eigenvalue weighted by atomic mass is 16.5. The highest BCUT2D eigenvalue weighted by Crippen LogP contribution is 2.23. The van der Waals surface area contributed by atoms with Gasteiger partial charge >= 0.3 is 5.63 Å². The third-order valence-corrected chi connectivity index (χ3v) is 4.86. The van der Waals surface area contributed by atoms with Crippen molar-refractivity contribution in [2.45, 2.75) is 45.2 Å². The van der Waals surface area contributed by atoms with Gasteiger partial charge in [-0.25, -0.2) is 4.79 Å². The van der Waals surface area contributed by atoms with Crippen molar-refractivity contribution >= 4 is 11.0 Å². The molecule has 1 aromatic heterocycles. The molecular formula is C18H24NO3+. The van der Waals surface area contributed by atoms with Gasteiger partial charge in [0.1, 0.15) is 17.9 Å². The molecule has 2 aromatic rings. The van der Waals surface area contributed by atoms with Crippen LogP contribution < -0.4 is 15.7 Å². The first-order chi connectivity index (χ1) is 10.7. The van der Waals surface area contributed by atoms with Gasteiger partial charge in [-0.2, -0.15) is 0 Å². The number of benzene rings is 1. The number of nitrogens with two attached hydrogens (primary N) is 1. The summed E-state index contributed by atoms with van der Waals surface area (Å²) in [6.45, 7) is 3.16. The molecule has 0 radical (unpaired) electrons. The number of fused-ring (bicyclic) bond motifs is 1. The van der Waals surface area contributed by atoms with Crippen LogP contribution in [0.3, 0.4) is 0 Å². The smallest absolute Gasteiger partial charge is 0.336 e. The van der Waals surface area contributed by atoms with E-state index in [-0.39, 0.29) is 5.63 Å². The predicted molar refractivity (Wildman–Crippen MR) is 86.1 cm³/mol. The van der Waals surface area contributed by atoms with Crippen molar-refractivity contribution in [3.63, 3.8) is 0 Å². The maximum atomic E-state index is 11.8. The van der Waals surface area contributed by atoms with Gasteiger partial charge < -0.3 is 14.5 Å². The van der Waals surface area contributed by atoms with Crippen molar-refractivity contribution in [2.24, 2.45) is 5.92 Å². The van der Waals surface area contributed by atoms with Crippen LogP contribution in [-0.4, -0.2) is 13.2 Å². The SMILES string of the molecule is COc1ccc2c(C[NH2+][C@@H]3CCCC[C@H]3C)cc(=O)oc2c1. The molecule has 0 aliphatic heterocycles. The second-order valence-electron chi connectivity index (χ2n) is 6.32. The number of hydrogen-bond donors (Lipinski definition) is 1. The van der Waals surface area contributed by atoms with Gasteiger partial charge in [0.25, 0.3) is 0 Å². The van der Waals surface area contributed by atoms with Crippen LogP contribution >= 0.6 is 0 Å². The second kappa shape index (κ2) is 6.53. The normalized spacial score (nSPS) is 21.9. The molecule has 0 spiro atoms. The molecule has 1 aliphatic rings. The Kier molecular flexibility index (Phi) is 4.48. The standard InChI is InChI=1S/C18H23NO3/c1-12-5-3-4-6-16(12)19-11-13-9-18(20)22-17-10-14(21-2)7-8-15(13)17/h7-10,12,16,19H,3-6,11H2,1-2H3/p+1/t12-,16-/m1/s1. The number of hydrogen-bond acceptors (Lipinski definition) is 3. The molecule has 118 valence electrons. The molecule has 2 atom stereocenters. The average molecular weight is 302 g/mol. The molecule has 1 saturated carbocycles. The van der Waals surface area contributed by atoms with E-state index in [2.05, 4.69) is 12.2 Å². The molecule has 2 N–H and O–H groups in total. The van der Waals surface area contributed by atoms with E-state index in [0.717, 1.165) is 23.4 Å². The first kappa shape index (κ1) is 15.1. The largest absolute Gasteiger partial charge is 0.497 e. The zero-order valence-electron chi connectivity index (χ0n) is 13.3. The van der Waals surface area contributed by atoms with Crippen LogP contribution in [0.2, 0.25) is 0 Å². The van der Waals surface area contributed by atoms with Crippen LogP contribution in [0.25, 0.3) is 11.0 Å². The molecule has 0 bridgehead atoms. The topological polar surface area (TPSA) is 56.0 Å². The molecule has 1 aliphatic carbocycles. The van der Waals surface area contributed by atoms with Crippen LogP contribution in [0.4, 0.5) is 0 Å². The summed E-state index contributed by atoms with van der Waals surface area (Å²) < 4.78 is 10.5. The van der Waals surface area contributed by atoms with Crippen molar-refractivity contribution in [1.82, 2.24) is 0 Å². The fourth-order valence-electron chi connectivity index (χ4n) is 3.48. The van der Waals surface area contributed by atoms with E-state index < -0.39 is 0 Å². The van der Waals surface area contributed by atoms with Crippen molar-refractivity contribution in [1.29, 1.82) is 0 Å². The Bertz CT molecular complexity index is 707. The molecule has 3 rings (SSSR count). The summed E-state index contributed by atoms with van der Waals surface area (Å²) in [5.74, 6) is 1.46. The van der Waals surface area contributed by atoms with E-state index in [4.69, 9.17) is 9.15 Å². The molecule has 0 unspecified atom stereocenters. The lowest BCUT2D eigenvalue weighted by Crippen LogP contribution is -2.90. The summed E-state index contributed by atoms with van der Waals surface area (Å²) in [4.78, 5) is 11.8. The lowest BCUT2D eigenvalue weighted by Gasteiger charge is -2.26. The van der Waals surface area contributed by atoms with Crippen LogP contribution in [0.5, 0.6) is 5.75 Å². The van der Waals surface area contributed by atoms with Gasteiger partial charge in [-0.15, -0.1) is 0 Å². The molecule has 1 aromatic carbocycles. The molecule has 0 saturated heterocycles. The summed E-state index contributed by atoms with van der Waals surface area (Å²) in [6, 6.07) is 7.95. The summed E-state index contributed by atoms with van der Waals surface area (Å²) in [5.41, 5.74) is 1.36. The van der Waals surface area contributed by atoms with Gasteiger partial charge in [-0.3, -0.25) is 0 Å². The molecule has 4 nitrogen and oxygen atoms in total. The summed E-state index contributed by atoms with van der Waals surface area (Å²) in [7, 11) is 1.61. The van der Waals surface area contributed by atoms with Gasteiger partial charge in [0.05, 0.1) is 13.2 Å². The maximum absolute atomic E-state index is 11.8. The van der Waals surface area contributed by atoms with Gasteiger partial charge in [-0.05, 0) is 31.4 Å². The minimum atomic E-state index is -0.291. The summed E-state index contributed by atoms with van der Waals surface area (Å²) in [5, 5.41) is 3.39. The summed E-state index contributed by atoms with van der Waals surface area (Å²) in [6.07, 6.45) is 5.26. The molecule has 1 heterocycles. The van der Waals surface area contributed by atoms with Crippen LogP contribution in [-0.2, 0) is 6.54 Å². The van der Waals surface area contributed by atoms with E-state index in [9.17, 15) is 4.79 Å². The zero-order valence-corrected chi connectivity index (χ0v) is 13.3. The Morgan fingerprint density at radius 1 is 1.27 bits per heavy atom. The maximum Gasteiger partial charge on any atom is 0.336 e. The average Bonchev–Trinajstić information content (AvgIpc) is 2.53. The quantitative estimate of drug-likeness (QED) is 0.883. The minimum absolute atomic E-state index is 0.291. The molecule has 22 heavy (non-hydrogen) atoms. The Morgan fingerprint density at radius 2 is 2.09 bits per heavy atom. The third kappa shape index (κ3) is 3.17. The Hall–Kier alpha value is -1.81. The molecule has 0 amide bonds. The fourth-order valence-corrected chi connectivity index (χ4v) is 3.48. The predicted octanol–water partition coefficient (Wildman–Crippen LogP) is 2.44. The van der Waals surface area contributed by atoms with Crippen molar-refractivity contribution < 1.29 is 14.5 Å². The molecule has 1 fully saturated rings. The van der Waals surface area contributed by atoms with Gasteiger partial charge in [-0.1, -0.05) is 13.3 Å². The van der Waals surface area contributed by atoms with E-state index >= 15 is 0 Å². The Labute approximate surface area is 130 Å². The van der Waals surface area contributed by atoms with Crippen molar-refractivity contribution in [3.8, 4) is 5.75 Å². The third-order valence-electron chi connectivity index (χ3n) is 4.86. The first-order valence-corrected chi connectivity index (χ1v) is 8.11. The fraction of sp³-hybridized carbons (Fsp3) is 0.500. The number of rotatable bonds is 4. The number of ether oxygens (including phenoxy) is 1. The van der Waals surface area contributed by atoms with E-state index in [1.807, 2.05) is 12.1 Å². The van der Waals surface area contributed by atoms with Crippen molar-refractivity contribution in [3.05, 3.63) is 40.2 Å². The lowest BCUT2D eigenvalue weighted by molar-refractivity contribution is -0.712. The van der Waals surface area contributed by atoms with Crippen LogP contribution in [0.1, 0.15) is 38.2 Å². The van der Waals surface area contributed by atoms with E-state index in [1.165, 1.54) is 25.7 Å². The van der Waals surface area contributed by atoms with Gasteiger partial charge in [0.15, 0.2) is 0 Å². The highest BCUT2D eigenvalue weighted by molar-refractivity contribution is 5.81. The number of quaternary nitrogens is 1. The summed E-state index contributed by atoms with van der Waals surface area (Å²) >= 11 is 0. The van der Waals surface area contributed by atoms with Gasteiger partial charge in [0, 0.05) is 29.0 Å². The monoisotopic (exact) mass is 302 g/mol. The Balaban J connectivity index is 1.85. The zero-order chi connectivity index (χ0) is 15.5.